The topological polar surface area (TPSA) is 27.7 Å². The predicted molar refractivity (Wildman–Crippen MR) is 47.9 cm³/mol. The molecule has 2 fully saturated rings. The van der Waals surface area contributed by atoms with Crippen LogP contribution in [0.25, 0.3) is 0 Å². The van der Waals surface area contributed by atoms with Crippen molar-refractivity contribution in [1.29, 1.82) is 0 Å². The molecule has 3 nitrogen and oxygen atoms in total. The van der Waals surface area contributed by atoms with Crippen molar-refractivity contribution in [3.05, 3.63) is 0 Å². The third-order valence-corrected chi connectivity index (χ3v) is 3.26. The molecule has 3 unspecified atom stereocenters. The number of hydrogen-bond acceptors (Lipinski definition) is 3. The van der Waals surface area contributed by atoms with Crippen LogP contribution in [0.5, 0.6) is 0 Å². The van der Waals surface area contributed by atoms with Crippen molar-refractivity contribution < 1.29 is 14.0 Å². The Labute approximate surface area is 75.0 Å². The Kier molecular flexibility index (Phi) is 2.16. The molecule has 70 valence electrons. The van der Waals surface area contributed by atoms with Crippen LogP contribution in [0.4, 0.5) is 0 Å². The van der Waals surface area contributed by atoms with E-state index in [-0.39, 0.29) is 23.9 Å². The van der Waals surface area contributed by atoms with Gasteiger partial charge in [-0.3, -0.25) is 0 Å². The first-order chi connectivity index (χ1) is 5.73. The van der Waals surface area contributed by atoms with E-state index in [4.69, 9.17) is 14.0 Å². The number of rotatable bonds is 2. The molecule has 2 heterocycles. The molecule has 2 rings (SSSR count). The van der Waals surface area contributed by atoms with Crippen molar-refractivity contribution in [2.45, 2.75) is 44.2 Å². The van der Waals surface area contributed by atoms with E-state index in [1.807, 2.05) is 6.92 Å². The van der Waals surface area contributed by atoms with Gasteiger partial charge < -0.3 is 14.0 Å². The first kappa shape index (κ1) is 8.89. The number of hydrogen-bond donors (Lipinski definition) is 0. The fourth-order valence-electron chi connectivity index (χ4n) is 2.21. The van der Waals surface area contributed by atoms with Gasteiger partial charge in [-0.15, -0.1) is 0 Å². The van der Waals surface area contributed by atoms with Crippen LogP contribution in [-0.2, 0) is 14.0 Å². The quantitative estimate of drug-likeness (QED) is 0.611. The standard InChI is InChI=1S/C8H15O3P/c1-3-8-4-9-6(5(2)10-8)7(8)11-12/h5-7H,3-4,12H2,1-2H3/t5-,6?,7+,8?/m0/s1. The van der Waals surface area contributed by atoms with E-state index in [1.165, 1.54) is 0 Å². The second-order valence-corrected chi connectivity index (χ2v) is 3.85. The minimum absolute atomic E-state index is 0.0995. The van der Waals surface area contributed by atoms with Crippen molar-refractivity contribution in [3.8, 4) is 0 Å². The molecule has 0 aromatic heterocycles. The maximum atomic E-state index is 5.84. The number of ether oxygens (including phenoxy) is 2. The number of fused-ring (bicyclic) bond motifs is 2. The molecule has 0 radical (unpaired) electrons. The van der Waals surface area contributed by atoms with Gasteiger partial charge in [0.25, 0.3) is 0 Å². The summed E-state index contributed by atoms with van der Waals surface area (Å²) < 4.78 is 16.8. The molecule has 0 aromatic carbocycles. The Morgan fingerprint density at radius 2 is 2.42 bits per heavy atom. The zero-order valence-electron chi connectivity index (χ0n) is 7.45. The van der Waals surface area contributed by atoms with Gasteiger partial charge in [0.05, 0.1) is 12.7 Å². The van der Waals surface area contributed by atoms with Crippen LogP contribution >= 0.6 is 9.47 Å². The third kappa shape index (κ3) is 0.973. The first-order valence-electron chi connectivity index (χ1n) is 4.38. The summed E-state index contributed by atoms with van der Waals surface area (Å²) in [6, 6.07) is 0. The van der Waals surface area contributed by atoms with E-state index in [9.17, 15) is 0 Å². The van der Waals surface area contributed by atoms with Gasteiger partial charge in [0.2, 0.25) is 0 Å². The molecular weight excluding hydrogens is 175 g/mol. The van der Waals surface area contributed by atoms with E-state index in [1.54, 1.807) is 0 Å². The maximum Gasteiger partial charge on any atom is 0.121 e. The van der Waals surface area contributed by atoms with Crippen LogP contribution in [0.2, 0.25) is 0 Å². The summed E-state index contributed by atoms with van der Waals surface area (Å²) in [5, 5.41) is 0. The predicted octanol–water partition coefficient (Wildman–Crippen LogP) is 1.13. The molecule has 0 spiro atoms. The molecule has 0 saturated carbocycles. The summed E-state index contributed by atoms with van der Waals surface area (Å²) in [5.41, 5.74) is -0.175. The van der Waals surface area contributed by atoms with Crippen molar-refractivity contribution >= 4 is 9.47 Å². The summed E-state index contributed by atoms with van der Waals surface area (Å²) >= 11 is 0. The van der Waals surface area contributed by atoms with Crippen molar-refractivity contribution in [2.24, 2.45) is 0 Å². The van der Waals surface area contributed by atoms with Gasteiger partial charge in [-0.25, -0.2) is 0 Å². The van der Waals surface area contributed by atoms with Crippen LogP contribution < -0.4 is 0 Å². The van der Waals surface area contributed by atoms with Gasteiger partial charge >= 0.3 is 0 Å². The fourth-order valence-corrected chi connectivity index (χ4v) is 2.62. The normalized spacial score (nSPS) is 51.8. The van der Waals surface area contributed by atoms with Crippen LogP contribution in [0.15, 0.2) is 0 Å². The van der Waals surface area contributed by atoms with Crippen molar-refractivity contribution in [1.82, 2.24) is 0 Å². The van der Waals surface area contributed by atoms with E-state index in [2.05, 4.69) is 16.4 Å². The summed E-state index contributed by atoms with van der Waals surface area (Å²) in [6.07, 6.45) is 1.35. The highest BCUT2D eigenvalue weighted by atomic mass is 31.0. The summed E-state index contributed by atoms with van der Waals surface area (Å²) in [5.74, 6) is 0. The Morgan fingerprint density at radius 3 is 2.83 bits per heavy atom. The van der Waals surface area contributed by atoms with Gasteiger partial charge in [-0.05, 0) is 13.3 Å². The lowest BCUT2D eigenvalue weighted by atomic mass is 9.96. The lowest BCUT2D eigenvalue weighted by Crippen LogP contribution is -2.39. The maximum absolute atomic E-state index is 5.84. The average Bonchev–Trinajstić information content (AvgIpc) is 2.56. The molecule has 2 bridgehead atoms. The molecular formula is C8H15O3P. The highest BCUT2D eigenvalue weighted by Gasteiger charge is 2.59. The molecule has 0 N–H and O–H groups in total. The lowest BCUT2D eigenvalue weighted by Gasteiger charge is -2.28. The van der Waals surface area contributed by atoms with Crippen LogP contribution in [-0.4, -0.2) is 30.5 Å². The molecule has 0 aliphatic carbocycles. The first-order valence-corrected chi connectivity index (χ1v) is 4.85. The fraction of sp³-hybridized carbons (Fsp3) is 1.00. The van der Waals surface area contributed by atoms with Gasteiger partial charge in [0.15, 0.2) is 0 Å². The van der Waals surface area contributed by atoms with Crippen LogP contribution in [0.1, 0.15) is 20.3 Å². The second kappa shape index (κ2) is 2.91. The second-order valence-electron chi connectivity index (χ2n) is 3.57. The summed E-state index contributed by atoms with van der Waals surface area (Å²) in [7, 11) is 2.31. The minimum atomic E-state index is -0.175. The smallest absolute Gasteiger partial charge is 0.121 e. The van der Waals surface area contributed by atoms with Crippen LogP contribution in [0, 0.1) is 0 Å². The zero-order chi connectivity index (χ0) is 8.77. The molecule has 2 aliphatic rings. The van der Waals surface area contributed by atoms with Crippen molar-refractivity contribution in [2.75, 3.05) is 6.61 Å². The molecule has 0 aromatic rings. The molecule has 5 atom stereocenters. The Morgan fingerprint density at radius 1 is 1.67 bits per heavy atom. The monoisotopic (exact) mass is 190 g/mol. The van der Waals surface area contributed by atoms with E-state index < -0.39 is 0 Å². The van der Waals surface area contributed by atoms with Crippen molar-refractivity contribution in [3.63, 3.8) is 0 Å². The van der Waals surface area contributed by atoms with Gasteiger partial charge in [0.1, 0.15) is 17.8 Å². The molecule has 0 amide bonds. The van der Waals surface area contributed by atoms with Gasteiger partial charge in [0, 0.05) is 9.47 Å². The average molecular weight is 190 g/mol. The lowest BCUT2D eigenvalue weighted by molar-refractivity contribution is -0.138. The van der Waals surface area contributed by atoms with Gasteiger partial charge in [-0.2, -0.15) is 0 Å². The Hall–Kier alpha value is 0.310. The van der Waals surface area contributed by atoms with Gasteiger partial charge in [-0.1, -0.05) is 6.92 Å². The zero-order valence-corrected chi connectivity index (χ0v) is 8.60. The minimum Gasteiger partial charge on any atom is -0.370 e. The highest BCUT2D eigenvalue weighted by molar-refractivity contribution is 7.09. The van der Waals surface area contributed by atoms with Crippen LogP contribution in [0.3, 0.4) is 0 Å². The summed E-state index contributed by atoms with van der Waals surface area (Å²) in [4.78, 5) is 0. The van der Waals surface area contributed by atoms with E-state index in [0.29, 0.717) is 6.61 Å². The molecule has 2 aliphatic heterocycles. The highest BCUT2D eigenvalue weighted by Crippen LogP contribution is 2.44. The van der Waals surface area contributed by atoms with E-state index >= 15 is 0 Å². The molecule has 2 saturated heterocycles. The molecule has 4 heteroatoms. The Balaban J connectivity index is 2.23. The third-order valence-electron chi connectivity index (χ3n) is 2.97. The van der Waals surface area contributed by atoms with E-state index in [0.717, 1.165) is 6.42 Å². The Bertz CT molecular complexity index is 187. The molecule has 12 heavy (non-hydrogen) atoms. The SMILES string of the molecule is CCC12COC([C@H](C)O1)[C@H]2OP. The summed E-state index contributed by atoms with van der Waals surface area (Å²) in [6.45, 7) is 4.83. The largest absolute Gasteiger partial charge is 0.370 e.